The molecule has 43 heavy (non-hydrogen) atoms. The summed E-state index contributed by atoms with van der Waals surface area (Å²) in [5, 5.41) is 3.87. The third-order valence-corrected chi connectivity index (χ3v) is 9.78. The number of nitrogens with zero attached hydrogens (tertiary/aromatic N) is 2. The number of carbonyl (C=O) groups is 3. The standard InChI is InChI=1S/C34H35N3O5S/c1-32(2,3)42-28(38)26-34(25(35-36-26)23-19-13-8-14-20-23)30(40)37-27(33(4,5)43-31(34)37)29(39)41-24(21-15-9-6-10-16-21)22-17-11-7-12-18-22/h6-20,24-25,27,31,35H,1-5H3/t25-,27-,31+,34-/m0/s1. The summed E-state index contributed by atoms with van der Waals surface area (Å²) >= 11 is 1.49. The van der Waals surface area contributed by atoms with E-state index in [2.05, 4.69) is 10.5 Å². The molecule has 0 unspecified atom stereocenters. The highest BCUT2D eigenvalue weighted by Gasteiger charge is 2.78. The molecule has 3 aliphatic rings. The lowest BCUT2D eigenvalue weighted by Gasteiger charge is -2.53. The minimum atomic E-state index is -1.35. The van der Waals surface area contributed by atoms with Crippen LogP contribution in [-0.2, 0) is 23.9 Å². The van der Waals surface area contributed by atoms with Crippen molar-refractivity contribution < 1.29 is 23.9 Å². The Hall–Kier alpha value is -4.11. The van der Waals surface area contributed by atoms with Crippen LogP contribution in [0.25, 0.3) is 0 Å². The number of hydrazone groups is 1. The fourth-order valence-electron chi connectivity index (χ4n) is 6.30. The molecule has 3 aromatic carbocycles. The maximum Gasteiger partial charge on any atom is 0.356 e. The van der Waals surface area contributed by atoms with Crippen molar-refractivity contribution in [3.8, 4) is 0 Å². The number of carbonyl (C=O) groups excluding carboxylic acids is 3. The maximum atomic E-state index is 14.5. The molecular formula is C34H35N3O5S. The Kier molecular flexibility index (Phi) is 7.12. The van der Waals surface area contributed by atoms with Crippen molar-refractivity contribution >= 4 is 35.3 Å². The molecule has 222 valence electrons. The molecule has 4 atom stereocenters. The molecule has 3 heterocycles. The van der Waals surface area contributed by atoms with Gasteiger partial charge in [0.05, 0.1) is 6.04 Å². The predicted molar refractivity (Wildman–Crippen MR) is 165 cm³/mol. The van der Waals surface area contributed by atoms with E-state index in [1.807, 2.05) is 105 Å². The number of hydrogen-bond donors (Lipinski definition) is 1. The highest BCUT2D eigenvalue weighted by atomic mass is 32.2. The summed E-state index contributed by atoms with van der Waals surface area (Å²) in [6.07, 6.45) is -0.649. The molecule has 1 spiro atoms. The summed E-state index contributed by atoms with van der Waals surface area (Å²) in [6.45, 7) is 9.21. The van der Waals surface area contributed by atoms with Crippen molar-refractivity contribution in [2.75, 3.05) is 0 Å². The zero-order valence-electron chi connectivity index (χ0n) is 24.8. The first-order valence-electron chi connectivity index (χ1n) is 14.4. The van der Waals surface area contributed by atoms with E-state index in [0.717, 1.165) is 16.7 Å². The number of rotatable bonds is 6. The topological polar surface area (TPSA) is 97.3 Å². The number of ether oxygens (including phenoxy) is 2. The van der Waals surface area contributed by atoms with Crippen molar-refractivity contribution in [3.05, 3.63) is 108 Å². The van der Waals surface area contributed by atoms with Gasteiger partial charge in [-0.3, -0.25) is 4.79 Å². The van der Waals surface area contributed by atoms with E-state index in [1.54, 1.807) is 25.7 Å². The fraction of sp³-hybridized carbons (Fsp3) is 0.353. The summed E-state index contributed by atoms with van der Waals surface area (Å²) in [6, 6.07) is 27.1. The molecule has 3 aromatic rings. The van der Waals surface area contributed by atoms with Crippen molar-refractivity contribution in [2.45, 2.75) is 68.5 Å². The summed E-state index contributed by atoms with van der Waals surface area (Å²) in [5.74, 6) is -1.50. The second kappa shape index (κ2) is 10.6. The van der Waals surface area contributed by atoms with Crippen LogP contribution in [-0.4, -0.2) is 50.2 Å². The molecule has 0 bridgehead atoms. The molecule has 8 nitrogen and oxygen atoms in total. The molecule has 2 fully saturated rings. The van der Waals surface area contributed by atoms with E-state index in [1.165, 1.54) is 11.8 Å². The van der Waals surface area contributed by atoms with E-state index < -0.39 is 51.3 Å². The largest absolute Gasteiger partial charge is 0.455 e. The van der Waals surface area contributed by atoms with Crippen LogP contribution in [0.2, 0.25) is 0 Å². The molecule has 0 aromatic heterocycles. The normalized spacial score (nSPS) is 25.5. The summed E-state index contributed by atoms with van der Waals surface area (Å²) < 4.78 is 11.3. The highest BCUT2D eigenvalue weighted by molar-refractivity contribution is 8.01. The predicted octanol–water partition coefficient (Wildman–Crippen LogP) is 5.41. The van der Waals surface area contributed by atoms with Gasteiger partial charge in [0.15, 0.2) is 17.2 Å². The van der Waals surface area contributed by atoms with Gasteiger partial charge in [-0.25, -0.2) is 9.59 Å². The SMILES string of the molecule is CC(C)(C)OC(=O)C1=NN[C@@H](c2ccccc2)[C@@]12C(=O)N1[C@@H](C(=O)OC(c3ccccc3)c3ccccc3)C(C)(C)S[C@@H]12. The second-order valence-electron chi connectivity index (χ2n) is 12.6. The molecule has 3 aliphatic heterocycles. The lowest BCUT2D eigenvalue weighted by molar-refractivity contribution is -0.174. The zero-order valence-corrected chi connectivity index (χ0v) is 25.6. The number of amides is 1. The number of esters is 2. The van der Waals surface area contributed by atoms with E-state index in [-0.39, 0.29) is 11.6 Å². The minimum Gasteiger partial charge on any atom is -0.455 e. The molecular weight excluding hydrogens is 562 g/mol. The Morgan fingerprint density at radius 2 is 1.44 bits per heavy atom. The molecule has 0 radical (unpaired) electrons. The number of β-lactam (4-membered cyclic amide) rings is 1. The van der Waals surface area contributed by atoms with Crippen LogP contribution in [0.15, 0.2) is 96.1 Å². The molecule has 0 saturated carbocycles. The highest BCUT2D eigenvalue weighted by Crippen LogP contribution is 2.64. The Balaban J connectivity index is 1.36. The Bertz CT molecular complexity index is 1530. The van der Waals surface area contributed by atoms with E-state index in [9.17, 15) is 14.4 Å². The van der Waals surface area contributed by atoms with Crippen LogP contribution in [0.5, 0.6) is 0 Å². The van der Waals surface area contributed by atoms with Gasteiger partial charge in [-0.2, -0.15) is 5.10 Å². The van der Waals surface area contributed by atoms with E-state index >= 15 is 0 Å². The molecule has 2 saturated heterocycles. The quantitative estimate of drug-likeness (QED) is 0.300. The molecule has 1 amide bonds. The molecule has 0 aliphatic carbocycles. The number of fused-ring (bicyclic) bond motifs is 2. The smallest absolute Gasteiger partial charge is 0.356 e. The summed E-state index contributed by atoms with van der Waals surface area (Å²) in [5.41, 5.74) is 3.46. The summed E-state index contributed by atoms with van der Waals surface area (Å²) in [7, 11) is 0. The van der Waals surface area contributed by atoms with Gasteiger partial charge < -0.3 is 19.8 Å². The van der Waals surface area contributed by atoms with Gasteiger partial charge >= 0.3 is 11.9 Å². The monoisotopic (exact) mass is 597 g/mol. The van der Waals surface area contributed by atoms with Crippen molar-refractivity contribution in [1.29, 1.82) is 0 Å². The van der Waals surface area contributed by atoms with Crippen LogP contribution in [0.4, 0.5) is 0 Å². The van der Waals surface area contributed by atoms with Crippen LogP contribution < -0.4 is 5.43 Å². The van der Waals surface area contributed by atoms with E-state index in [4.69, 9.17) is 9.47 Å². The van der Waals surface area contributed by atoms with Crippen LogP contribution in [0, 0.1) is 5.41 Å². The van der Waals surface area contributed by atoms with Crippen LogP contribution in [0.1, 0.15) is 63.5 Å². The Labute approximate surface area is 255 Å². The van der Waals surface area contributed by atoms with Gasteiger partial charge in [0.2, 0.25) is 5.91 Å². The molecule has 6 rings (SSSR count). The first-order valence-corrected chi connectivity index (χ1v) is 15.3. The lowest BCUT2D eigenvalue weighted by atomic mass is 9.66. The first kappa shape index (κ1) is 29.0. The second-order valence-corrected chi connectivity index (χ2v) is 14.4. The van der Waals surface area contributed by atoms with Gasteiger partial charge in [-0.15, -0.1) is 11.8 Å². The Morgan fingerprint density at radius 3 is 1.98 bits per heavy atom. The number of hydrogen-bond acceptors (Lipinski definition) is 8. The van der Waals surface area contributed by atoms with Crippen molar-refractivity contribution in [2.24, 2.45) is 10.5 Å². The number of nitrogens with one attached hydrogen (secondary N) is 1. The van der Waals surface area contributed by atoms with Crippen LogP contribution >= 0.6 is 11.8 Å². The average molecular weight is 598 g/mol. The van der Waals surface area contributed by atoms with Gasteiger partial charge in [0, 0.05) is 4.75 Å². The molecule has 9 heteroatoms. The van der Waals surface area contributed by atoms with E-state index in [0.29, 0.717) is 0 Å². The van der Waals surface area contributed by atoms with Gasteiger partial charge in [0.1, 0.15) is 17.0 Å². The summed E-state index contributed by atoms with van der Waals surface area (Å²) in [4.78, 5) is 43.8. The van der Waals surface area contributed by atoms with Gasteiger partial charge in [-0.1, -0.05) is 91.0 Å². The molecule has 1 N–H and O–H groups in total. The number of benzene rings is 3. The number of thioether (sulfide) groups is 1. The van der Waals surface area contributed by atoms with Crippen molar-refractivity contribution in [1.82, 2.24) is 10.3 Å². The average Bonchev–Trinajstić information content (AvgIpc) is 3.52. The van der Waals surface area contributed by atoms with Crippen LogP contribution in [0.3, 0.4) is 0 Å². The minimum absolute atomic E-state index is 0.0336. The zero-order chi connectivity index (χ0) is 30.6. The Morgan fingerprint density at radius 1 is 0.907 bits per heavy atom. The van der Waals surface area contributed by atoms with Gasteiger partial charge in [-0.05, 0) is 51.3 Å². The first-order chi connectivity index (χ1) is 20.4. The third kappa shape index (κ3) is 4.79. The maximum absolute atomic E-state index is 14.5. The lowest BCUT2D eigenvalue weighted by Crippen LogP contribution is -2.74. The fourth-order valence-corrected chi connectivity index (χ4v) is 8.08. The van der Waals surface area contributed by atoms with Gasteiger partial charge in [0.25, 0.3) is 0 Å². The van der Waals surface area contributed by atoms with Crippen molar-refractivity contribution in [3.63, 3.8) is 0 Å². The third-order valence-electron chi connectivity index (χ3n) is 8.12.